The Morgan fingerprint density at radius 3 is 2.47 bits per heavy atom. The highest BCUT2D eigenvalue weighted by molar-refractivity contribution is 7.89. The van der Waals surface area contributed by atoms with Crippen LogP contribution in [0.5, 0.6) is 0 Å². The van der Waals surface area contributed by atoms with E-state index in [0.717, 1.165) is 4.90 Å². The Labute approximate surface area is 110 Å². The lowest BCUT2D eigenvalue weighted by atomic mass is 10.4. The van der Waals surface area contributed by atoms with Gasteiger partial charge in [0.05, 0.1) is 11.4 Å². The van der Waals surface area contributed by atoms with E-state index >= 15 is 0 Å². The third kappa shape index (κ3) is 3.09. The molecule has 19 heavy (non-hydrogen) atoms. The maximum atomic E-state index is 11.9. The molecule has 7 nitrogen and oxygen atoms in total. The van der Waals surface area contributed by atoms with Gasteiger partial charge in [-0.05, 0) is 12.1 Å². The van der Waals surface area contributed by atoms with E-state index < -0.39 is 16.1 Å². The molecule has 0 radical (unpaired) electrons. The Kier molecular flexibility index (Phi) is 3.82. The molecule has 0 unspecified atom stereocenters. The molecule has 3 amide bonds. The summed E-state index contributed by atoms with van der Waals surface area (Å²) in [6, 6.07) is 7.39. The molecule has 0 saturated carbocycles. The number of rotatable bonds is 5. The molecule has 2 rings (SSSR count). The van der Waals surface area contributed by atoms with Crippen molar-refractivity contribution in [1.82, 2.24) is 14.9 Å². The van der Waals surface area contributed by atoms with Crippen LogP contribution in [0.1, 0.15) is 0 Å². The molecule has 102 valence electrons. The summed E-state index contributed by atoms with van der Waals surface area (Å²) >= 11 is 0. The average Bonchev–Trinajstić information content (AvgIpc) is 2.71. The fourth-order valence-electron chi connectivity index (χ4n) is 1.66. The van der Waals surface area contributed by atoms with Gasteiger partial charge < -0.3 is 5.32 Å². The largest absolute Gasteiger partial charge is 0.329 e. The van der Waals surface area contributed by atoms with Gasteiger partial charge in [-0.3, -0.25) is 9.69 Å². The van der Waals surface area contributed by atoms with Crippen molar-refractivity contribution >= 4 is 22.0 Å². The standard InChI is InChI=1S/C11H13N3O4S/c15-10-8-12-11(16)14(10)7-6-13-19(17,18)9-4-2-1-3-5-9/h1-5,13H,6-8H2,(H,12,16). The number of nitrogens with one attached hydrogen (secondary N) is 2. The molecule has 0 aliphatic carbocycles. The average molecular weight is 283 g/mol. The van der Waals surface area contributed by atoms with Crippen LogP contribution in [0.3, 0.4) is 0 Å². The second-order valence-corrected chi connectivity index (χ2v) is 5.68. The molecule has 0 aromatic heterocycles. The number of urea groups is 1. The highest BCUT2D eigenvalue weighted by atomic mass is 32.2. The number of imide groups is 1. The zero-order chi connectivity index (χ0) is 13.9. The van der Waals surface area contributed by atoms with Gasteiger partial charge in [0.2, 0.25) is 15.9 Å². The van der Waals surface area contributed by atoms with Crippen molar-refractivity contribution in [3.05, 3.63) is 30.3 Å². The minimum absolute atomic E-state index is 0.0106. The van der Waals surface area contributed by atoms with E-state index in [4.69, 9.17) is 0 Å². The van der Waals surface area contributed by atoms with Gasteiger partial charge in [0.25, 0.3) is 0 Å². The van der Waals surface area contributed by atoms with Crippen molar-refractivity contribution in [2.45, 2.75) is 4.90 Å². The van der Waals surface area contributed by atoms with Crippen molar-refractivity contribution in [2.24, 2.45) is 0 Å². The van der Waals surface area contributed by atoms with Crippen LogP contribution >= 0.6 is 0 Å². The van der Waals surface area contributed by atoms with Crippen LogP contribution < -0.4 is 10.0 Å². The maximum absolute atomic E-state index is 11.9. The van der Waals surface area contributed by atoms with Gasteiger partial charge in [0, 0.05) is 13.1 Å². The lowest BCUT2D eigenvalue weighted by Crippen LogP contribution is -2.38. The zero-order valence-corrected chi connectivity index (χ0v) is 10.8. The molecule has 1 aromatic carbocycles. The van der Waals surface area contributed by atoms with Crippen LogP contribution in [-0.4, -0.2) is 44.9 Å². The number of hydrogen-bond donors (Lipinski definition) is 2. The second kappa shape index (κ2) is 5.37. The van der Waals surface area contributed by atoms with Crippen LogP contribution in [-0.2, 0) is 14.8 Å². The number of carbonyl (C=O) groups is 2. The molecule has 1 aliphatic rings. The third-order valence-electron chi connectivity index (χ3n) is 2.62. The van der Waals surface area contributed by atoms with Crippen LogP contribution in [0.2, 0.25) is 0 Å². The number of benzene rings is 1. The van der Waals surface area contributed by atoms with Crippen LogP contribution in [0.15, 0.2) is 35.2 Å². The van der Waals surface area contributed by atoms with E-state index in [1.807, 2.05) is 0 Å². The topological polar surface area (TPSA) is 95.6 Å². The number of hydrogen-bond acceptors (Lipinski definition) is 4. The first-order valence-electron chi connectivity index (χ1n) is 5.63. The van der Waals surface area contributed by atoms with Crippen molar-refractivity contribution in [3.63, 3.8) is 0 Å². The smallest absolute Gasteiger partial charge is 0.324 e. The summed E-state index contributed by atoms with van der Waals surface area (Å²) in [5, 5.41) is 2.36. The van der Waals surface area contributed by atoms with Crippen molar-refractivity contribution < 1.29 is 18.0 Å². The van der Waals surface area contributed by atoms with Crippen molar-refractivity contribution in [2.75, 3.05) is 19.6 Å². The first kappa shape index (κ1) is 13.5. The lowest BCUT2D eigenvalue weighted by Gasteiger charge is -2.12. The number of sulfonamides is 1. The molecular formula is C11H13N3O4S. The van der Waals surface area contributed by atoms with Crippen LogP contribution in [0.4, 0.5) is 4.79 Å². The minimum atomic E-state index is -3.61. The van der Waals surface area contributed by atoms with Gasteiger partial charge >= 0.3 is 6.03 Å². The van der Waals surface area contributed by atoms with Crippen molar-refractivity contribution in [1.29, 1.82) is 0 Å². The quantitative estimate of drug-likeness (QED) is 0.713. The summed E-state index contributed by atoms with van der Waals surface area (Å²) in [7, 11) is -3.61. The summed E-state index contributed by atoms with van der Waals surface area (Å²) in [5.41, 5.74) is 0. The summed E-state index contributed by atoms with van der Waals surface area (Å²) in [4.78, 5) is 23.6. The molecule has 2 N–H and O–H groups in total. The number of carbonyl (C=O) groups excluding carboxylic acids is 2. The fraction of sp³-hybridized carbons (Fsp3) is 0.273. The SMILES string of the molecule is O=C1CNC(=O)N1CCNS(=O)(=O)c1ccccc1. The third-order valence-corrected chi connectivity index (χ3v) is 4.09. The highest BCUT2D eigenvalue weighted by Crippen LogP contribution is 2.06. The molecule has 0 spiro atoms. The number of amides is 3. The predicted molar refractivity (Wildman–Crippen MR) is 66.7 cm³/mol. The Hall–Kier alpha value is -1.93. The van der Waals surface area contributed by atoms with E-state index in [0.29, 0.717) is 0 Å². The van der Waals surface area contributed by atoms with E-state index in [9.17, 15) is 18.0 Å². The molecule has 1 fully saturated rings. The molecule has 1 heterocycles. The highest BCUT2D eigenvalue weighted by Gasteiger charge is 2.28. The summed E-state index contributed by atoms with van der Waals surface area (Å²) in [6.45, 7) is -0.0443. The predicted octanol–water partition coefficient (Wildman–Crippen LogP) is -0.483. The Morgan fingerprint density at radius 2 is 1.89 bits per heavy atom. The summed E-state index contributed by atoms with van der Waals surface area (Å²) in [6.07, 6.45) is 0. The van der Waals surface area contributed by atoms with Gasteiger partial charge in [-0.1, -0.05) is 18.2 Å². The zero-order valence-electron chi connectivity index (χ0n) is 10.00. The lowest BCUT2D eigenvalue weighted by molar-refractivity contribution is -0.124. The van der Waals surface area contributed by atoms with Crippen LogP contribution in [0, 0.1) is 0 Å². The van der Waals surface area contributed by atoms with Gasteiger partial charge in [0.1, 0.15) is 0 Å². The first-order chi connectivity index (χ1) is 9.00. The Morgan fingerprint density at radius 1 is 1.21 bits per heavy atom. The van der Waals surface area contributed by atoms with E-state index in [-0.39, 0.29) is 30.4 Å². The van der Waals surface area contributed by atoms with Gasteiger partial charge in [-0.15, -0.1) is 0 Å². The second-order valence-electron chi connectivity index (χ2n) is 3.91. The van der Waals surface area contributed by atoms with E-state index in [1.54, 1.807) is 18.2 Å². The van der Waals surface area contributed by atoms with Gasteiger partial charge in [-0.25, -0.2) is 17.9 Å². The minimum Gasteiger partial charge on any atom is -0.329 e. The summed E-state index contributed by atoms with van der Waals surface area (Å²) in [5.74, 6) is -0.357. The summed E-state index contributed by atoms with van der Waals surface area (Å²) < 4.78 is 26.0. The van der Waals surface area contributed by atoms with Crippen molar-refractivity contribution in [3.8, 4) is 0 Å². The molecular weight excluding hydrogens is 270 g/mol. The van der Waals surface area contributed by atoms with E-state index in [1.165, 1.54) is 12.1 Å². The normalized spacial score (nSPS) is 15.7. The van der Waals surface area contributed by atoms with Gasteiger partial charge in [0.15, 0.2) is 0 Å². The molecule has 0 bridgehead atoms. The van der Waals surface area contributed by atoms with Gasteiger partial charge in [-0.2, -0.15) is 0 Å². The van der Waals surface area contributed by atoms with E-state index in [2.05, 4.69) is 10.0 Å². The molecule has 8 heteroatoms. The monoisotopic (exact) mass is 283 g/mol. The maximum Gasteiger partial charge on any atom is 0.324 e. The Bertz CT molecular complexity index is 569. The first-order valence-corrected chi connectivity index (χ1v) is 7.12. The Balaban J connectivity index is 1.93. The number of nitrogens with zero attached hydrogens (tertiary/aromatic N) is 1. The molecule has 1 aliphatic heterocycles. The molecule has 0 atom stereocenters. The molecule has 1 saturated heterocycles. The van der Waals surface area contributed by atoms with Crippen LogP contribution in [0.25, 0.3) is 0 Å². The molecule has 1 aromatic rings. The fourth-order valence-corrected chi connectivity index (χ4v) is 2.70.